The van der Waals surface area contributed by atoms with Crippen molar-refractivity contribution in [3.05, 3.63) is 65.2 Å². The van der Waals surface area contributed by atoms with Crippen molar-refractivity contribution in [3.8, 4) is 0 Å². The van der Waals surface area contributed by atoms with E-state index in [2.05, 4.69) is 5.32 Å². The van der Waals surface area contributed by atoms with Crippen LogP contribution in [0.3, 0.4) is 0 Å². The second kappa shape index (κ2) is 13.8. The molecule has 0 aliphatic heterocycles. The molecule has 0 spiro atoms. The van der Waals surface area contributed by atoms with Crippen molar-refractivity contribution >= 4 is 27.5 Å². The zero-order valence-corrected chi connectivity index (χ0v) is 23.9. The van der Waals surface area contributed by atoms with Crippen LogP contribution in [0.2, 0.25) is 0 Å². The minimum atomic E-state index is -4.63. The average Bonchev–Trinajstić information content (AvgIpc) is 2.86. The van der Waals surface area contributed by atoms with E-state index in [-0.39, 0.29) is 49.5 Å². The Morgan fingerprint density at radius 1 is 1.03 bits per heavy atom. The molecule has 2 aromatic carbocycles. The Balaban J connectivity index is 2.26. The Hall–Kier alpha value is -3.08. The highest BCUT2D eigenvalue weighted by Gasteiger charge is 2.32. The van der Waals surface area contributed by atoms with Gasteiger partial charge in [0.15, 0.2) is 0 Å². The van der Waals surface area contributed by atoms with E-state index in [1.54, 1.807) is 0 Å². The number of alkyl halides is 3. The van der Waals surface area contributed by atoms with Crippen LogP contribution in [0.1, 0.15) is 63.1 Å². The molecule has 0 bridgehead atoms. The highest BCUT2D eigenvalue weighted by Crippen LogP contribution is 2.32. The van der Waals surface area contributed by atoms with Gasteiger partial charge in [-0.1, -0.05) is 49.7 Å². The smallest absolute Gasteiger partial charge is 0.352 e. The van der Waals surface area contributed by atoms with Crippen molar-refractivity contribution in [2.75, 3.05) is 17.1 Å². The molecule has 0 aliphatic rings. The number of anilines is 1. The summed E-state index contributed by atoms with van der Waals surface area (Å²) in [6, 6.07) is 10.9. The normalized spacial score (nSPS) is 13.4. The van der Waals surface area contributed by atoms with Gasteiger partial charge in [-0.2, -0.15) is 13.2 Å². The maximum absolute atomic E-state index is 13.5. The van der Waals surface area contributed by atoms with Gasteiger partial charge in [-0.3, -0.25) is 13.9 Å². The molecule has 0 saturated carbocycles. The van der Waals surface area contributed by atoms with Crippen molar-refractivity contribution in [3.63, 3.8) is 0 Å². The van der Waals surface area contributed by atoms with Gasteiger partial charge in [0, 0.05) is 25.6 Å². The van der Waals surface area contributed by atoms with Crippen LogP contribution < -0.4 is 9.62 Å². The van der Waals surface area contributed by atoms with Crippen LogP contribution in [0.15, 0.2) is 48.5 Å². The largest absolute Gasteiger partial charge is 0.416 e. The van der Waals surface area contributed by atoms with Crippen LogP contribution >= 0.6 is 0 Å². The summed E-state index contributed by atoms with van der Waals surface area (Å²) in [4.78, 5) is 28.0. The molecule has 0 saturated heterocycles. The standard InChI is InChI=1S/C28H38F3N3O4S/c1-6-21(4)32-27(36)25(7-2)33(19-22-15-13-20(3)14-16-22)26(35)12-9-17-34(39(5,37)38)24-11-8-10-23(18-24)28(29,30)31/h8,10-11,13-16,18,21,25H,6-7,9,12,17,19H2,1-5H3,(H,32,36)/t21-,25+/m1/s1. The molecule has 0 radical (unpaired) electrons. The van der Waals surface area contributed by atoms with Crippen molar-refractivity contribution in [2.45, 2.75) is 78.2 Å². The van der Waals surface area contributed by atoms with Crippen LogP contribution in [0.5, 0.6) is 0 Å². The SMILES string of the molecule is CC[C@@H](C)NC(=O)[C@H](CC)N(Cc1ccc(C)cc1)C(=O)CCCN(c1cccc(C(F)(F)F)c1)S(C)(=O)=O. The van der Waals surface area contributed by atoms with Crippen molar-refractivity contribution < 1.29 is 31.2 Å². The molecule has 0 fully saturated rings. The first-order valence-electron chi connectivity index (χ1n) is 13.0. The number of sulfonamides is 1. The molecular formula is C28H38F3N3O4S. The molecule has 1 N–H and O–H groups in total. The fourth-order valence-electron chi connectivity index (χ4n) is 4.09. The van der Waals surface area contributed by atoms with E-state index in [4.69, 9.17) is 0 Å². The number of aryl methyl sites for hydroxylation is 1. The number of carbonyl (C=O) groups is 2. The van der Waals surface area contributed by atoms with Gasteiger partial charge >= 0.3 is 6.18 Å². The summed E-state index contributed by atoms with van der Waals surface area (Å²) in [5.41, 5.74) is 0.793. The van der Waals surface area contributed by atoms with Gasteiger partial charge in [-0.05, 0) is 56.9 Å². The van der Waals surface area contributed by atoms with E-state index < -0.39 is 27.8 Å². The summed E-state index contributed by atoms with van der Waals surface area (Å²) in [6.45, 7) is 7.58. The first kappa shape index (κ1) is 32.1. The number of nitrogens with one attached hydrogen (secondary N) is 1. The Bertz CT molecular complexity index is 1220. The van der Waals surface area contributed by atoms with Gasteiger partial charge in [0.05, 0.1) is 17.5 Å². The van der Waals surface area contributed by atoms with E-state index in [0.29, 0.717) is 6.42 Å². The van der Waals surface area contributed by atoms with E-state index >= 15 is 0 Å². The second-order valence-corrected chi connectivity index (χ2v) is 11.6. The van der Waals surface area contributed by atoms with Gasteiger partial charge in [0.1, 0.15) is 6.04 Å². The molecule has 0 heterocycles. The number of amides is 2. The minimum absolute atomic E-state index is 0.0516. The number of benzene rings is 2. The number of nitrogens with zero attached hydrogens (tertiary/aromatic N) is 2. The second-order valence-electron chi connectivity index (χ2n) is 9.74. The summed E-state index contributed by atoms with van der Waals surface area (Å²) in [6.07, 6.45) is -2.66. The average molecular weight is 570 g/mol. The summed E-state index contributed by atoms with van der Waals surface area (Å²) >= 11 is 0. The van der Waals surface area contributed by atoms with Crippen molar-refractivity contribution in [1.82, 2.24) is 10.2 Å². The zero-order valence-electron chi connectivity index (χ0n) is 23.1. The van der Waals surface area contributed by atoms with E-state index in [1.807, 2.05) is 52.0 Å². The molecule has 0 unspecified atom stereocenters. The molecule has 0 aliphatic carbocycles. The van der Waals surface area contributed by atoms with Gasteiger partial charge < -0.3 is 10.2 Å². The topological polar surface area (TPSA) is 86.8 Å². The Morgan fingerprint density at radius 2 is 1.67 bits per heavy atom. The molecular weight excluding hydrogens is 531 g/mol. The van der Waals surface area contributed by atoms with Crippen LogP contribution in [-0.4, -0.2) is 50.0 Å². The molecule has 216 valence electrons. The fraction of sp³-hybridized carbons (Fsp3) is 0.500. The van der Waals surface area contributed by atoms with Crippen LogP contribution in [0.25, 0.3) is 0 Å². The minimum Gasteiger partial charge on any atom is -0.352 e. The maximum atomic E-state index is 13.5. The molecule has 2 aromatic rings. The Kier molecular flexibility index (Phi) is 11.4. The van der Waals surface area contributed by atoms with Crippen LogP contribution in [-0.2, 0) is 32.3 Å². The summed E-state index contributed by atoms with van der Waals surface area (Å²) in [5, 5.41) is 2.93. The number of rotatable bonds is 13. The monoisotopic (exact) mass is 569 g/mol. The molecule has 0 aromatic heterocycles. The van der Waals surface area contributed by atoms with E-state index in [9.17, 15) is 31.2 Å². The Labute approximate surface area is 229 Å². The number of hydrogen-bond acceptors (Lipinski definition) is 4. The lowest BCUT2D eigenvalue weighted by Gasteiger charge is -2.32. The molecule has 2 atom stereocenters. The predicted molar refractivity (Wildman–Crippen MR) is 147 cm³/mol. The lowest BCUT2D eigenvalue weighted by molar-refractivity contribution is -0.141. The molecule has 39 heavy (non-hydrogen) atoms. The van der Waals surface area contributed by atoms with E-state index in [1.165, 1.54) is 11.0 Å². The van der Waals surface area contributed by atoms with E-state index in [0.717, 1.165) is 46.3 Å². The first-order valence-corrected chi connectivity index (χ1v) is 14.8. The summed E-state index contributed by atoms with van der Waals surface area (Å²) in [5.74, 6) is -0.617. The fourth-order valence-corrected chi connectivity index (χ4v) is 5.05. The van der Waals surface area contributed by atoms with Crippen molar-refractivity contribution in [2.24, 2.45) is 0 Å². The van der Waals surface area contributed by atoms with Gasteiger partial charge in [-0.25, -0.2) is 8.42 Å². The highest BCUT2D eigenvalue weighted by atomic mass is 32.2. The number of carbonyl (C=O) groups excluding carboxylic acids is 2. The van der Waals surface area contributed by atoms with Gasteiger partial charge in [-0.15, -0.1) is 0 Å². The molecule has 11 heteroatoms. The molecule has 7 nitrogen and oxygen atoms in total. The molecule has 2 rings (SSSR count). The molecule has 2 amide bonds. The number of halogens is 3. The zero-order chi connectivity index (χ0) is 29.4. The maximum Gasteiger partial charge on any atom is 0.416 e. The third-order valence-electron chi connectivity index (χ3n) is 6.47. The first-order chi connectivity index (χ1) is 18.2. The lowest BCUT2D eigenvalue weighted by Crippen LogP contribution is -2.50. The summed E-state index contributed by atoms with van der Waals surface area (Å²) in [7, 11) is -3.92. The van der Waals surface area contributed by atoms with Crippen LogP contribution in [0.4, 0.5) is 18.9 Å². The lowest BCUT2D eigenvalue weighted by atomic mass is 10.1. The van der Waals surface area contributed by atoms with Gasteiger partial charge in [0.2, 0.25) is 21.8 Å². The summed E-state index contributed by atoms with van der Waals surface area (Å²) < 4.78 is 65.4. The third-order valence-corrected chi connectivity index (χ3v) is 7.67. The Morgan fingerprint density at radius 3 is 2.21 bits per heavy atom. The quantitative estimate of drug-likeness (QED) is 0.356. The van der Waals surface area contributed by atoms with Gasteiger partial charge in [0.25, 0.3) is 0 Å². The third kappa shape index (κ3) is 9.56. The van der Waals surface area contributed by atoms with Crippen molar-refractivity contribution in [1.29, 1.82) is 0 Å². The number of hydrogen-bond donors (Lipinski definition) is 1. The van der Waals surface area contributed by atoms with Crippen LogP contribution in [0, 0.1) is 6.92 Å². The predicted octanol–water partition coefficient (Wildman–Crippen LogP) is 5.28. The highest BCUT2D eigenvalue weighted by molar-refractivity contribution is 7.92.